The molecule has 4 aromatic rings. The molecule has 2 aromatic carbocycles. The van der Waals surface area contributed by atoms with E-state index >= 15 is 0 Å². The van der Waals surface area contributed by atoms with Gasteiger partial charge in [0.25, 0.3) is 11.2 Å². The van der Waals surface area contributed by atoms with E-state index in [9.17, 15) is 14.9 Å². The number of benzene rings is 2. The first-order valence-electron chi connectivity index (χ1n) is 10.7. The van der Waals surface area contributed by atoms with Crippen molar-refractivity contribution in [3.05, 3.63) is 94.5 Å². The summed E-state index contributed by atoms with van der Waals surface area (Å²) in [5, 5.41) is 16.2. The number of nitro groups is 1. The highest BCUT2D eigenvalue weighted by atomic mass is 79.9. The minimum atomic E-state index is -0.546. The Hall–Kier alpha value is -3.15. The molecule has 4 rings (SSSR count). The number of nitrogens with zero attached hydrogens (tertiary/aromatic N) is 5. The third-order valence-corrected chi connectivity index (χ3v) is 6.67. The Labute approximate surface area is 227 Å². The normalized spacial score (nSPS) is 12.2. The van der Waals surface area contributed by atoms with Crippen molar-refractivity contribution in [2.75, 3.05) is 0 Å². The third-order valence-electron chi connectivity index (χ3n) is 5.37. The van der Waals surface area contributed by atoms with Crippen molar-refractivity contribution in [3.63, 3.8) is 0 Å². The van der Waals surface area contributed by atoms with Crippen LogP contribution in [0.2, 0.25) is 5.02 Å². The van der Waals surface area contributed by atoms with Gasteiger partial charge in [-0.15, -0.1) is 0 Å². The highest BCUT2D eigenvalue weighted by molar-refractivity contribution is 9.10. The van der Waals surface area contributed by atoms with Crippen LogP contribution >= 0.6 is 43.5 Å². The number of rotatable bonds is 7. The van der Waals surface area contributed by atoms with Crippen molar-refractivity contribution < 1.29 is 9.66 Å². The van der Waals surface area contributed by atoms with Crippen LogP contribution in [-0.4, -0.2) is 25.8 Å². The van der Waals surface area contributed by atoms with Gasteiger partial charge >= 0.3 is 0 Å². The second-order valence-electron chi connectivity index (χ2n) is 7.82. The molecule has 0 bridgehead atoms. The predicted octanol–water partition coefficient (Wildman–Crippen LogP) is 7.07. The van der Waals surface area contributed by atoms with E-state index in [1.165, 1.54) is 23.0 Å². The van der Waals surface area contributed by atoms with Crippen LogP contribution in [0.4, 0.5) is 5.69 Å². The summed E-state index contributed by atoms with van der Waals surface area (Å²) in [5.41, 5.74) is 0.565. The topological polar surface area (TPSA) is 113 Å². The molecule has 0 saturated carbocycles. The standard InChI is InChI=1S/C24H18Br2ClN5O4/c1-3-13(2)23-30-20-6-4-15(25)9-18(20)24(33)31(23)29-11-14-8-16(27)10-19(26)22(14)36-21-7-5-17(12-28-21)32(34)35/h4-13H,3H2,1-2H3/t13-/m1/s1. The quantitative estimate of drug-likeness (QED) is 0.122. The summed E-state index contributed by atoms with van der Waals surface area (Å²) in [7, 11) is 0. The Kier molecular flexibility index (Phi) is 7.82. The Balaban J connectivity index is 1.81. The molecular weight excluding hydrogens is 618 g/mol. The average Bonchev–Trinajstić information content (AvgIpc) is 2.85. The molecule has 0 N–H and O–H groups in total. The first-order valence-corrected chi connectivity index (χ1v) is 12.7. The summed E-state index contributed by atoms with van der Waals surface area (Å²) in [6.07, 6.45) is 3.31. The summed E-state index contributed by atoms with van der Waals surface area (Å²) in [4.78, 5) is 32.5. The van der Waals surface area contributed by atoms with Gasteiger partial charge in [0.15, 0.2) is 5.75 Å². The molecule has 0 amide bonds. The number of hydrogen-bond donors (Lipinski definition) is 0. The number of fused-ring (bicyclic) bond motifs is 1. The molecule has 0 spiro atoms. The van der Waals surface area contributed by atoms with Crippen molar-refractivity contribution in [2.45, 2.75) is 26.2 Å². The Morgan fingerprint density at radius 1 is 1.25 bits per heavy atom. The van der Waals surface area contributed by atoms with E-state index in [4.69, 9.17) is 21.3 Å². The molecule has 0 saturated heterocycles. The summed E-state index contributed by atoms with van der Waals surface area (Å²) >= 11 is 13.1. The van der Waals surface area contributed by atoms with Gasteiger partial charge in [0, 0.05) is 33.1 Å². The van der Waals surface area contributed by atoms with Gasteiger partial charge in [-0.1, -0.05) is 41.4 Å². The lowest BCUT2D eigenvalue weighted by Crippen LogP contribution is -2.23. The van der Waals surface area contributed by atoms with Crippen LogP contribution in [0.25, 0.3) is 10.9 Å². The zero-order valence-electron chi connectivity index (χ0n) is 19.0. The van der Waals surface area contributed by atoms with Gasteiger partial charge in [0.1, 0.15) is 12.0 Å². The fourth-order valence-electron chi connectivity index (χ4n) is 3.33. The minimum absolute atomic E-state index is 0.0333. The van der Waals surface area contributed by atoms with E-state index in [2.05, 4.69) is 41.9 Å². The number of aromatic nitrogens is 3. The van der Waals surface area contributed by atoms with Crippen molar-refractivity contribution in [1.29, 1.82) is 0 Å². The van der Waals surface area contributed by atoms with Gasteiger partial charge < -0.3 is 4.74 Å². The molecule has 2 aromatic heterocycles. The Morgan fingerprint density at radius 2 is 2.03 bits per heavy atom. The lowest BCUT2D eigenvalue weighted by molar-refractivity contribution is -0.385. The Bertz CT molecular complexity index is 1560. The molecule has 1 atom stereocenters. The van der Waals surface area contributed by atoms with E-state index in [0.29, 0.717) is 37.5 Å². The van der Waals surface area contributed by atoms with Gasteiger partial charge in [-0.3, -0.25) is 14.9 Å². The van der Waals surface area contributed by atoms with Crippen molar-refractivity contribution in [1.82, 2.24) is 14.6 Å². The molecule has 0 aliphatic rings. The molecular formula is C24H18Br2ClN5O4. The number of ether oxygens (including phenoxy) is 1. The number of pyridine rings is 1. The molecule has 0 radical (unpaired) electrons. The molecule has 0 fully saturated rings. The Morgan fingerprint density at radius 3 is 2.69 bits per heavy atom. The average molecular weight is 636 g/mol. The van der Waals surface area contributed by atoms with Crippen LogP contribution < -0.4 is 10.3 Å². The largest absolute Gasteiger partial charge is 0.437 e. The van der Waals surface area contributed by atoms with Crippen LogP contribution in [-0.2, 0) is 0 Å². The van der Waals surface area contributed by atoms with Crippen molar-refractivity contribution >= 4 is 66.3 Å². The molecule has 0 unspecified atom stereocenters. The number of hydrogen-bond acceptors (Lipinski definition) is 7. The molecule has 9 nitrogen and oxygen atoms in total. The maximum absolute atomic E-state index is 13.4. The van der Waals surface area contributed by atoms with Crippen LogP contribution in [0.15, 0.2) is 67.5 Å². The van der Waals surface area contributed by atoms with Crippen LogP contribution in [0.5, 0.6) is 11.6 Å². The maximum atomic E-state index is 13.4. The molecule has 0 aliphatic carbocycles. The van der Waals surface area contributed by atoms with Crippen LogP contribution in [0.1, 0.15) is 37.6 Å². The second kappa shape index (κ2) is 10.9. The summed E-state index contributed by atoms with van der Waals surface area (Å²) in [5.74, 6) is 0.940. The lowest BCUT2D eigenvalue weighted by Gasteiger charge is -2.14. The van der Waals surface area contributed by atoms with Gasteiger partial charge in [-0.25, -0.2) is 9.97 Å². The monoisotopic (exact) mass is 633 g/mol. The van der Waals surface area contributed by atoms with E-state index < -0.39 is 4.92 Å². The van der Waals surface area contributed by atoms with E-state index in [0.717, 1.165) is 17.1 Å². The van der Waals surface area contributed by atoms with Crippen LogP contribution in [0, 0.1) is 10.1 Å². The molecule has 0 aliphatic heterocycles. The lowest BCUT2D eigenvalue weighted by atomic mass is 10.1. The van der Waals surface area contributed by atoms with Gasteiger partial charge in [0.2, 0.25) is 5.88 Å². The zero-order valence-corrected chi connectivity index (χ0v) is 22.9. The third kappa shape index (κ3) is 5.48. The molecule has 36 heavy (non-hydrogen) atoms. The van der Waals surface area contributed by atoms with E-state index in [1.807, 2.05) is 19.9 Å². The van der Waals surface area contributed by atoms with Gasteiger partial charge in [-0.2, -0.15) is 9.78 Å². The molecule has 184 valence electrons. The maximum Gasteiger partial charge on any atom is 0.287 e. The summed E-state index contributed by atoms with van der Waals surface area (Å²) in [6, 6.07) is 11.3. The highest BCUT2D eigenvalue weighted by Gasteiger charge is 2.17. The predicted molar refractivity (Wildman–Crippen MR) is 146 cm³/mol. The number of halogens is 3. The SMILES string of the molecule is CC[C@@H](C)c1nc2ccc(Br)cc2c(=O)n1N=Cc1cc(Cl)cc(Br)c1Oc1ccc([N+](=O)[O-])cn1. The highest BCUT2D eigenvalue weighted by Crippen LogP contribution is 2.35. The first kappa shape index (κ1) is 25.9. The summed E-state index contributed by atoms with van der Waals surface area (Å²) in [6.45, 7) is 3.98. The zero-order chi connectivity index (χ0) is 26.0. The molecule has 12 heteroatoms. The fourth-order valence-corrected chi connectivity index (χ4v) is 4.60. The van der Waals surface area contributed by atoms with Gasteiger partial charge in [0.05, 0.1) is 26.5 Å². The molecule has 2 heterocycles. The van der Waals surface area contributed by atoms with Gasteiger partial charge in [-0.05, 0) is 52.7 Å². The smallest absolute Gasteiger partial charge is 0.287 e. The van der Waals surface area contributed by atoms with E-state index in [-0.39, 0.29) is 23.0 Å². The van der Waals surface area contributed by atoms with E-state index in [1.54, 1.807) is 24.3 Å². The summed E-state index contributed by atoms with van der Waals surface area (Å²) < 4.78 is 8.44. The first-order chi connectivity index (χ1) is 17.2. The van der Waals surface area contributed by atoms with Crippen molar-refractivity contribution in [2.24, 2.45) is 5.10 Å². The van der Waals surface area contributed by atoms with Crippen molar-refractivity contribution in [3.8, 4) is 11.6 Å². The second-order valence-corrected chi connectivity index (χ2v) is 10.0. The van der Waals surface area contributed by atoms with Crippen LogP contribution in [0.3, 0.4) is 0 Å². The fraction of sp³-hybridized carbons (Fsp3) is 0.167. The minimum Gasteiger partial charge on any atom is -0.437 e.